The first-order chi connectivity index (χ1) is 14.1. The maximum atomic E-state index is 12.2. The van der Waals surface area contributed by atoms with E-state index in [-0.39, 0.29) is 5.91 Å². The summed E-state index contributed by atoms with van der Waals surface area (Å²) in [6.07, 6.45) is 2.94. The summed E-state index contributed by atoms with van der Waals surface area (Å²) in [6, 6.07) is 9.83. The predicted octanol–water partition coefficient (Wildman–Crippen LogP) is 2.52. The quantitative estimate of drug-likeness (QED) is 0.682. The first-order valence-corrected chi connectivity index (χ1v) is 9.44. The molecule has 1 amide bonds. The molecule has 29 heavy (non-hydrogen) atoms. The summed E-state index contributed by atoms with van der Waals surface area (Å²) in [5, 5.41) is 9.52. The van der Waals surface area contributed by atoms with Crippen LogP contribution >= 0.6 is 0 Å². The molecule has 0 atom stereocenters. The molecule has 4 rings (SSSR count). The van der Waals surface area contributed by atoms with Crippen molar-refractivity contribution in [3.63, 3.8) is 0 Å². The monoisotopic (exact) mass is 393 g/mol. The maximum absolute atomic E-state index is 12.2. The number of benzene rings is 1. The zero-order valence-corrected chi connectivity index (χ0v) is 16.4. The number of nitrogens with one attached hydrogen (secondary N) is 2. The van der Waals surface area contributed by atoms with Crippen LogP contribution in [0.2, 0.25) is 0 Å². The summed E-state index contributed by atoms with van der Waals surface area (Å²) < 4.78 is 4.93. The van der Waals surface area contributed by atoms with E-state index in [9.17, 15) is 4.79 Å². The largest absolute Gasteiger partial charge is 0.369 e. The summed E-state index contributed by atoms with van der Waals surface area (Å²) in [5.74, 6) is 1.05. The Morgan fingerprint density at radius 3 is 2.38 bits per heavy atom. The Bertz CT molecular complexity index is 961. The Morgan fingerprint density at radius 1 is 1.07 bits per heavy atom. The van der Waals surface area contributed by atoms with Crippen molar-refractivity contribution < 1.29 is 9.32 Å². The molecule has 0 spiro atoms. The maximum Gasteiger partial charge on any atom is 0.260 e. The Labute approximate surface area is 168 Å². The van der Waals surface area contributed by atoms with Crippen LogP contribution < -0.4 is 15.5 Å². The third-order valence-electron chi connectivity index (χ3n) is 4.78. The number of carbonyl (C=O) groups is 1. The van der Waals surface area contributed by atoms with Crippen molar-refractivity contribution in [2.24, 2.45) is 0 Å². The second kappa shape index (κ2) is 8.27. The van der Waals surface area contributed by atoms with Crippen molar-refractivity contribution >= 4 is 29.0 Å². The molecule has 1 saturated heterocycles. The molecule has 2 N–H and O–H groups in total. The van der Waals surface area contributed by atoms with Crippen LogP contribution in [0, 0.1) is 6.92 Å². The molecule has 1 fully saturated rings. The molecule has 3 heterocycles. The van der Waals surface area contributed by atoms with Crippen LogP contribution in [0.15, 0.2) is 47.2 Å². The van der Waals surface area contributed by atoms with Gasteiger partial charge >= 0.3 is 0 Å². The van der Waals surface area contributed by atoms with E-state index in [2.05, 4.69) is 54.7 Å². The molecule has 1 aliphatic rings. The minimum absolute atomic E-state index is 0.335. The van der Waals surface area contributed by atoms with Gasteiger partial charge in [-0.3, -0.25) is 4.79 Å². The van der Waals surface area contributed by atoms with Gasteiger partial charge in [-0.15, -0.1) is 0 Å². The molecule has 2 aromatic heterocycles. The predicted molar refractivity (Wildman–Crippen MR) is 111 cm³/mol. The molecule has 0 bridgehead atoms. The van der Waals surface area contributed by atoms with Crippen LogP contribution in [0.1, 0.15) is 16.1 Å². The molecule has 1 aromatic carbocycles. The van der Waals surface area contributed by atoms with Gasteiger partial charge in [-0.05, 0) is 38.2 Å². The lowest BCUT2D eigenvalue weighted by molar-refractivity contribution is 0.102. The normalized spacial score (nSPS) is 14.6. The number of hydrogen-bond donors (Lipinski definition) is 2. The van der Waals surface area contributed by atoms with Crippen LogP contribution in [-0.2, 0) is 0 Å². The molecular weight excluding hydrogens is 370 g/mol. The number of aryl methyl sites for hydroxylation is 1. The van der Waals surface area contributed by atoms with Gasteiger partial charge in [-0.2, -0.15) is 0 Å². The van der Waals surface area contributed by atoms with Crippen LogP contribution in [0.4, 0.5) is 23.1 Å². The van der Waals surface area contributed by atoms with E-state index in [1.165, 1.54) is 18.1 Å². The number of amides is 1. The molecule has 0 saturated carbocycles. The molecule has 0 aliphatic carbocycles. The zero-order chi connectivity index (χ0) is 20.2. The lowest BCUT2D eigenvalue weighted by Gasteiger charge is -2.34. The Hall–Kier alpha value is -3.46. The second-order valence-corrected chi connectivity index (χ2v) is 7.03. The van der Waals surface area contributed by atoms with Crippen molar-refractivity contribution in [2.75, 3.05) is 48.8 Å². The number of aromatic nitrogens is 3. The van der Waals surface area contributed by atoms with E-state index in [0.717, 1.165) is 31.9 Å². The number of rotatable bonds is 5. The molecule has 0 radical (unpaired) electrons. The van der Waals surface area contributed by atoms with E-state index in [1.54, 1.807) is 13.0 Å². The molecule has 3 aromatic rings. The van der Waals surface area contributed by atoms with Crippen molar-refractivity contribution in [3.05, 3.63) is 54.0 Å². The highest BCUT2D eigenvalue weighted by Crippen LogP contribution is 2.21. The number of hydrogen-bond acceptors (Lipinski definition) is 8. The highest BCUT2D eigenvalue weighted by atomic mass is 16.5. The number of anilines is 4. The van der Waals surface area contributed by atoms with Gasteiger partial charge in [0.2, 0.25) is 5.95 Å². The third kappa shape index (κ3) is 4.69. The van der Waals surface area contributed by atoms with Gasteiger partial charge < -0.3 is 25.0 Å². The smallest absolute Gasteiger partial charge is 0.260 e. The van der Waals surface area contributed by atoms with Crippen LogP contribution in [0.5, 0.6) is 0 Å². The minimum atomic E-state index is -0.346. The van der Waals surface area contributed by atoms with E-state index < -0.39 is 0 Å². The van der Waals surface area contributed by atoms with E-state index in [4.69, 9.17) is 4.52 Å². The van der Waals surface area contributed by atoms with Gasteiger partial charge in [-0.25, -0.2) is 9.97 Å². The van der Waals surface area contributed by atoms with Gasteiger partial charge in [0.05, 0.1) is 5.56 Å². The minimum Gasteiger partial charge on any atom is -0.369 e. The summed E-state index contributed by atoms with van der Waals surface area (Å²) in [6.45, 7) is 5.96. The second-order valence-electron chi connectivity index (χ2n) is 7.03. The molecule has 9 nitrogen and oxygen atoms in total. The van der Waals surface area contributed by atoms with Crippen molar-refractivity contribution in [2.45, 2.75) is 6.92 Å². The van der Waals surface area contributed by atoms with Crippen LogP contribution in [0.25, 0.3) is 0 Å². The summed E-state index contributed by atoms with van der Waals surface area (Å²) >= 11 is 0. The first-order valence-electron chi connectivity index (χ1n) is 9.44. The number of likely N-dealkylation sites (N-methyl/N-ethyl adjacent to an activating group) is 1. The standard InChI is InChI=1S/C20H23N7O2/c1-14-11-18(25-29-14)24-19(28)15-12-21-20(22-13-15)23-16-3-5-17(6-4-16)27-9-7-26(2)8-10-27/h3-6,11-13H,7-10H2,1-2H3,(H,21,22,23)(H,24,25,28). The SMILES string of the molecule is Cc1cc(NC(=O)c2cnc(Nc3ccc(N4CCN(C)CC4)cc3)nc2)no1. The average molecular weight is 393 g/mol. The third-order valence-corrected chi connectivity index (χ3v) is 4.78. The number of piperazine rings is 1. The summed E-state index contributed by atoms with van der Waals surface area (Å²) in [4.78, 5) is 25.4. The number of nitrogens with zero attached hydrogens (tertiary/aromatic N) is 5. The highest BCUT2D eigenvalue weighted by molar-refractivity contribution is 6.03. The highest BCUT2D eigenvalue weighted by Gasteiger charge is 2.14. The Morgan fingerprint density at radius 2 is 1.76 bits per heavy atom. The zero-order valence-electron chi connectivity index (χ0n) is 16.4. The van der Waals surface area contributed by atoms with E-state index in [0.29, 0.717) is 23.1 Å². The Kier molecular flexibility index (Phi) is 5.39. The van der Waals surface area contributed by atoms with Crippen LogP contribution in [0.3, 0.4) is 0 Å². The van der Waals surface area contributed by atoms with E-state index >= 15 is 0 Å². The topological polar surface area (TPSA) is 99.4 Å². The fraction of sp³-hybridized carbons (Fsp3) is 0.300. The Balaban J connectivity index is 1.35. The fourth-order valence-electron chi connectivity index (χ4n) is 3.07. The number of carbonyl (C=O) groups excluding carboxylic acids is 1. The van der Waals surface area contributed by atoms with Gasteiger partial charge in [0.15, 0.2) is 5.82 Å². The molecule has 0 unspecified atom stereocenters. The molecule has 1 aliphatic heterocycles. The van der Waals surface area contributed by atoms with Crippen molar-refractivity contribution in [1.29, 1.82) is 0 Å². The van der Waals surface area contributed by atoms with Gasteiger partial charge in [0.25, 0.3) is 5.91 Å². The lowest BCUT2D eigenvalue weighted by atomic mass is 10.2. The summed E-state index contributed by atoms with van der Waals surface area (Å²) in [7, 11) is 2.15. The average Bonchev–Trinajstić information content (AvgIpc) is 3.14. The van der Waals surface area contributed by atoms with Gasteiger partial charge in [0.1, 0.15) is 5.76 Å². The van der Waals surface area contributed by atoms with E-state index in [1.807, 2.05) is 12.1 Å². The fourth-order valence-corrected chi connectivity index (χ4v) is 3.07. The van der Waals surface area contributed by atoms with Crippen molar-refractivity contribution in [1.82, 2.24) is 20.0 Å². The molecule has 9 heteroatoms. The molecular formula is C20H23N7O2. The van der Waals surface area contributed by atoms with Gasteiger partial charge in [-0.1, -0.05) is 5.16 Å². The first kappa shape index (κ1) is 18.9. The van der Waals surface area contributed by atoms with Gasteiger partial charge in [0, 0.05) is 56.0 Å². The summed E-state index contributed by atoms with van der Waals surface area (Å²) in [5.41, 5.74) is 2.43. The molecule has 150 valence electrons. The van der Waals surface area contributed by atoms with Crippen LogP contribution in [-0.4, -0.2) is 59.2 Å². The van der Waals surface area contributed by atoms with Crippen molar-refractivity contribution in [3.8, 4) is 0 Å². The lowest BCUT2D eigenvalue weighted by Crippen LogP contribution is -2.44.